The molecule has 3 rings (SSSR count). The smallest absolute Gasteiger partial charge is 0.417 e. The normalized spacial score (nSPS) is 12.0. The van der Waals surface area contributed by atoms with Crippen molar-refractivity contribution in [1.29, 1.82) is 0 Å². The van der Waals surface area contributed by atoms with Gasteiger partial charge in [-0.15, -0.1) is 0 Å². The second-order valence-corrected chi connectivity index (χ2v) is 4.45. The Labute approximate surface area is 116 Å². The summed E-state index contributed by atoms with van der Waals surface area (Å²) in [6.07, 6.45) is -1.01. The summed E-state index contributed by atoms with van der Waals surface area (Å²) >= 11 is 0. The zero-order chi connectivity index (χ0) is 15.2. The molecule has 0 atom stereocenters. The number of rotatable bonds is 1. The molecule has 1 N–H and O–H groups in total. The molecule has 0 radical (unpaired) electrons. The van der Waals surface area contributed by atoms with Crippen LogP contribution in [-0.4, -0.2) is 24.6 Å². The van der Waals surface area contributed by atoms with Crippen molar-refractivity contribution in [2.24, 2.45) is 7.05 Å². The molecule has 8 heteroatoms. The number of alkyl halides is 3. The number of pyridine rings is 2. The minimum absolute atomic E-state index is 0.105. The van der Waals surface area contributed by atoms with Crippen molar-refractivity contribution in [3.05, 3.63) is 36.3 Å². The molecule has 3 aromatic heterocycles. The monoisotopic (exact) mass is 294 g/mol. The topological polar surface area (TPSA) is 63.8 Å². The van der Waals surface area contributed by atoms with E-state index in [9.17, 15) is 18.3 Å². The number of hydrogen-bond donors (Lipinski definition) is 1. The number of aromatic nitrogens is 4. The number of aryl methyl sites for hydroxylation is 1. The van der Waals surface area contributed by atoms with Crippen LogP contribution in [-0.2, 0) is 13.2 Å². The molecule has 0 unspecified atom stereocenters. The van der Waals surface area contributed by atoms with E-state index in [0.29, 0.717) is 17.0 Å². The fraction of sp³-hybridized carbons (Fsp3) is 0.154. The molecule has 21 heavy (non-hydrogen) atoms. The van der Waals surface area contributed by atoms with E-state index in [1.807, 2.05) is 0 Å². The van der Waals surface area contributed by atoms with E-state index < -0.39 is 11.7 Å². The summed E-state index contributed by atoms with van der Waals surface area (Å²) in [4.78, 5) is 11.7. The second kappa shape index (κ2) is 4.44. The first kappa shape index (κ1) is 13.3. The van der Waals surface area contributed by atoms with Crippen molar-refractivity contribution in [1.82, 2.24) is 19.5 Å². The molecule has 0 spiro atoms. The van der Waals surface area contributed by atoms with E-state index in [1.165, 1.54) is 23.0 Å². The largest absolute Gasteiger partial charge is 0.506 e. The molecule has 108 valence electrons. The molecule has 0 bridgehead atoms. The number of aromatic hydroxyl groups is 1. The van der Waals surface area contributed by atoms with Crippen molar-refractivity contribution in [2.45, 2.75) is 6.18 Å². The molecule has 0 aliphatic carbocycles. The summed E-state index contributed by atoms with van der Waals surface area (Å²) in [5, 5.41) is 9.78. The van der Waals surface area contributed by atoms with E-state index in [4.69, 9.17) is 0 Å². The van der Waals surface area contributed by atoms with Gasteiger partial charge in [-0.1, -0.05) is 0 Å². The Balaban J connectivity index is 2.23. The molecular formula is C13H9F3N4O. The predicted octanol–water partition coefficient (Wildman–Crippen LogP) is 2.75. The molecule has 0 saturated heterocycles. The third-order valence-corrected chi connectivity index (χ3v) is 3.08. The number of imidazole rings is 1. The molecule has 0 fully saturated rings. The summed E-state index contributed by atoms with van der Waals surface area (Å²) in [5.74, 6) is 0.212. The lowest BCUT2D eigenvalue weighted by molar-refractivity contribution is -0.137. The van der Waals surface area contributed by atoms with Gasteiger partial charge in [0.05, 0.1) is 17.3 Å². The Morgan fingerprint density at radius 3 is 2.67 bits per heavy atom. The van der Waals surface area contributed by atoms with Gasteiger partial charge in [0.1, 0.15) is 17.1 Å². The fourth-order valence-electron chi connectivity index (χ4n) is 2.05. The minimum Gasteiger partial charge on any atom is -0.506 e. The van der Waals surface area contributed by atoms with Crippen LogP contribution < -0.4 is 0 Å². The maximum Gasteiger partial charge on any atom is 0.417 e. The predicted molar refractivity (Wildman–Crippen MR) is 68.4 cm³/mol. The summed E-state index contributed by atoms with van der Waals surface area (Å²) in [7, 11) is 1.62. The highest BCUT2D eigenvalue weighted by molar-refractivity contribution is 5.79. The summed E-state index contributed by atoms with van der Waals surface area (Å²) in [6.45, 7) is 0. The molecule has 3 aromatic rings. The van der Waals surface area contributed by atoms with Crippen molar-refractivity contribution in [2.75, 3.05) is 0 Å². The van der Waals surface area contributed by atoms with Gasteiger partial charge in [-0.3, -0.25) is 4.98 Å². The van der Waals surface area contributed by atoms with Crippen LogP contribution in [0.2, 0.25) is 0 Å². The van der Waals surface area contributed by atoms with Gasteiger partial charge in [-0.05, 0) is 12.1 Å². The van der Waals surface area contributed by atoms with Crippen LogP contribution in [0.3, 0.4) is 0 Å². The van der Waals surface area contributed by atoms with Gasteiger partial charge in [-0.2, -0.15) is 13.2 Å². The number of nitrogens with zero attached hydrogens (tertiary/aromatic N) is 4. The first-order valence-electron chi connectivity index (χ1n) is 5.91. The molecule has 5 nitrogen and oxygen atoms in total. The Bertz CT molecular complexity index is 826. The maximum absolute atomic E-state index is 12.7. The van der Waals surface area contributed by atoms with E-state index in [-0.39, 0.29) is 11.3 Å². The summed E-state index contributed by atoms with van der Waals surface area (Å²) in [5.41, 5.74) is -0.0783. The zero-order valence-electron chi connectivity index (χ0n) is 10.8. The van der Waals surface area contributed by atoms with Gasteiger partial charge in [0.2, 0.25) is 0 Å². The summed E-state index contributed by atoms with van der Waals surface area (Å²) in [6, 6.07) is 2.46. The van der Waals surface area contributed by atoms with Crippen molar-refractivity contribution >= 4 is 11.2 Å². The first-order valence-corrected chi connectivity index (χ1v) is 5.91. The van der Waals surface area contributed by atoms with Crippen LogP contribution in [0, 0.1) is 0 Å². The van der Waals surface area contributed by atoms with E-state index >= 15 is 0 Å². The van der Waals surface area contributed by atoms with Crippen molar-refractivity contribution < 1.29 is 18.3 Å². The SMILES string of the molecule is Cn1c(-c2ccncc2O)nc2cc(C(F)(F)F)cnc21. The highest BCUT2D eigenvalue weighted by Crippen LogP contribution is 2.33. The van der Waals surface area contributed by atoms with E-state index in [1.54, 1.807) is 7.05 Å². The standard InChI is InChI=1S/C13H9F3N4O/c1-20-11(8-2-3-17-6-10(8)21)19-9-4-7(13(14,15)16)5-18-12(9)20/h2-6,21H,1H3. The van der Waals surface area contributed by atoms with E-state index in [2.05, 4.69) is 15.0 Å². The van der Waals surface area contributed by atoms with Crippen LogP contribution in [0.5, 0.6) is 5.75 Å². The average Bonchev–Trinajstić information content (AvgIpc) is 2.75. The Kier molecular flexibility index (Phi) is 2.82. The minimum atomic E-state index is -4.47. The lowest BCUT2D eigenvalue weighted by Crippen LogP contribution is -2.05. The molecule has 0 amide bonds. The molecule has 0 aromatic carbocycles. The summed E-state index contributed by atoms with van der Waals surface area (Å²) < 4.78 is 39.6. The van der Waals surface area contributed by atoms with Crippen LogP contribution in [0.4, 0.5) is 13.2 Å². The number of fused-ring (bicyclic) bond motifs is 1. The Hall–Kier alpha value is -2.64. The average molecular weight is 294 g/mol. The number of halogens is 3. The molecule has 0 saturated carbocycles. The van der Waals surface area contributed by atoms with Gasteiger partial charge in [0, 0.05) is 19.4 Å². The third kappa shape index (κ3) is 2.18. The van der Waals surface area contributed by atoms with Gasteiger partial charge < -0.3 is 9.67 Å². The quantitative estimate of drug-likeness (QED) is 0.749. The van der Waals surface area contributed by atoms with Gasteiger partial charge >= 0.3 is 6.18 Å². The maximum atomic E-state index is 12.7. The van der Waals surface area contributed by atoms with Crippen molar-refractivity contribution in [3.8, 4) is 17.1 Å². The van der Waals surface area contributed by atoms with Crippen LogP contribution in [0.15, 0.2) is 30.7 Å². The van der Waals surface area contributed by atoms with Gasteiger partial charge in [-0.25, -0.2) is 9.97 Å². The molecular weight excluding hydrogens is 285 g/mol. The zero-order valence-corrected chi connectivity index (χ0v) is 10.8. The highest BCUT2D eigenvalue weighted by Gasteiger charge is 2.31. The van der Waals surface area contributed by atoms with Crippen LogP contribution >= 0.6 is 0 Å². The second-order valence-electron chi connectivity index (χ2n) is 4.45. The van der Waals surface area contributed by atoms with Gasteiger partial charge in [0.25, 0.3) is 0 Å². The number of hydrogen-bond acceptors (Lipinski definition) is 4. The molecule has 0 aliphatic heterocycles. The van der Waals surface area contributed by atoms with Gasteiger partial charge in [0.15, 0.2) is 5.65 Å². The molecule has 3 heterocycles. The highest BCUT2D eigenvalue weighted by atomic mass is 19.4. The lowest BCUT2D eigenvalue weighted by Gasteiger charge is -2.05. The molecule has 0 aliphatic rings. The van der Waals surface area contributed by atoms with E-state index in [0.717, 1.165) is 12.3 Å². The fourth-order valence-corrected chi connectivity index (χ4v) is 2.05. The third-order valence-electron chi connectivity index (χ3n) is 3.08. The van der Waals surface area contributed by atoms with Crippen LogP contribution in [0.25, 0.3) is 22.6 Å². The Morgan fingerprint density at radius 1 is 1.24 bits per heavy atom. The Morgan fingerprint density at radius 2 is 2.00 bits per heavy atom. The lowest BCUT2D eigenvalue weighted by atomic mass is 10.2. The van der Waals surface area contributed by atoms with Crippen molar-refractivity contribution in [3.63, 3.8) is 0 Å². The van der Waals surface area contributed by atoms with Crippen LogP contribution in [0.1, 0.15) is 5.56 Å². The first-order chi connectivity index (χ1) is 9.88.